The normalized spacial score (nSPS) is 10.2. The number of nitrogens with two attached hydrogens (primary N) is 1. The summed E-state index contributed by atoms with van der Waals surface area (Å²) < 4.78 is 5.63. The van der Waals surface area contributed by atoms with E-state index in [1.807, 2.05) is 30.3 Å². The predicted octanol–water partition coefficient (Wildman–Crippen LogP) is 4.42. The van der Waals surface area contributed by atoms with Crippen molar-refractivity contribution in [2.75, 3.05) is 12.8 Å². The largest absolute Gasteiger partial charge is 0.465 e. The third-order valence-corrected chi connectivity index (χ3v) is 4.39. The number of hydrogen-bond donors (Lipinski definition) is 1. The molecule has 0 fully saturated rings. The van der Waals surface area contributed by atoms with Gasteiger partial charge in [-0.1, -0.05) is 40.2 Å². The fourth-order valence-electron chi connectivity index (χ4n) is 2.61. The lowest BCUT2D eigenvalue weighted by atomic mass is 9.97. The van der Waals surface area contributed by atoms with E-state index in [0.29, 0.717) is 22.4 Å². The van der Waals surface area contributed by atoms with Crippen LogP contribution in [-0.2, 0) is 4.74 Å². The summed E-state index contributed by atoms with van der Waals surface area (Å²) >= 11 is 3.44. The summed E-state index contributed by atoms with van der Waals surface area (Å²) in [6, 6.07) is 18.4. The highest BCUT2D eigenvalue weighted by Gasteiger charge is 2.14. The van der Waals surface area contributed by atoms with Gasteiger partial charge in [0.15, 0.2) is 0 Å². The molecule has 0 radical (unpaired) electrons. The number of benzene rings is 2. The van der Waals surface area contributed by atoms with Gasteiger partial charge >= 0.3 is 5.97 Å². The maximum Gasteiger partial charge on any atom is 0.337 e. The number of nitrogens with zero attached hydrogens (tertiary/aromatic N) is 2. The Morgan fingerprint density at radius 3 is 2.50 bits per heavy atom. The molecule has 1 aromatic heterocycles. The molecule has 0 atom stereocenters. The van der Waals surface area contributed by atoms with Crippen LogP contribution in [0.3, 0.4) is 0 Å². The van der Waals surface area contributed by atoms with E-state index >= 15 is 0 Å². The highest BCUT2D eigenvalue weighted by atomic mass is 79.9. The van der Waals surface area contributed by atoms with Gasteiger partial charge in [0.25, 0.3) is 0 Å². The minimum absolute atomic E-state index is 0.164. The van der Waals surface area contributed by atoms with Crippen molar-refractivity contribution in [3.8, 4) is 28.5 Å². The molecule has 0 unspecified atom stereocenters. The van der Waals surface area contributed by atoms with E-state index in [9.17, 15) is 10.1 Å². The lowest BCUT2D eigenvalue weighted by Gasteiger charge is -2.11. The molecule has 3 rings (SSSR count). The van der Waals surface area contributed by atoms with Crippen molar-refractivity contribution in [3.63, 3.8) is 0 Å². The predicted molar refractivity (Wildman–Crippen MR) is 103 cm³/mol. The number of ether oxygens (including phenoxy) is 1. The second-order valence-electron chi connectivity index (χ2n) is 5.51. The van der Waals surface area contributed by atoms with Crippen LogP contribution in [-0.4, -0.2) is 18.1 Å². The summed E-state index contributed by atoms with van der Waals surface area (Å²) in [6.45, 7) is 0. The Morgan fingerprint density at radius 1 is 1.15 bits per heavy atom. The molecule has 0 saturated carbocycles. The molecular weight excluding hydrogens is 394 g/mol. The van der Waals surface area contributed by atoms with Crippen LogP contribution in [0.2, 0.25) is 0 Å². The first-order valence-corrected chi connectivity index (χ1v) is 8.48. The van der Waals surface area contributed by atoms with Crippen LogP contribution in [0.5, 0.6) is 0 Å². The van der Waals surface area contributed by atoms with Crippen molar-refractivity contribution in [3.05, 3.63) is 70.2 Å². The second kappa shape index (κ2) is 7.38. The van der Waals surface area contributed by atoms with Gasteiger partial charge in [0, 0.05) is 15.6 Å². The Kier molecular flexibility index (Phi) is 5.01. The highest BCUT2D eigenvalue weighted by molar-refractivity contribution is 9.10. The van der Waals surface area contributed by atoms with Gasteiger partial charge in [0.1, 0.15) is 17.5 Å². The number of nitrogen functional groups attached to an aromatic ring is 1. The Morgan fingerprint density at radius 2 is 1.88 bits per heavy atom. The topological polar surface area (TPSA) is 89.0 Å². The molecule has 128 valence electrons. The maximum absolute atomic E-state index is 11.6. The molecule has 0 aliphatic rings. The lowest BCUT2D eigenvalue weighted by Crippen LogP contribution is -2.02. The summed E-state index contributed by atoms with van der Waals surface area (Å²) in [5.74, 6) is -0.252. The molecule has 2 N–H and O–H groups in total. The zero-order chi connectivity index (χ0) is 18.7. The number of halogens is 1. The third-order valence-electron chi connectivity index (χ3n) is 3.90. The number of rotatable bonds is 3. The zero-order valence-electron chi connectivity index (χ0n) is 13.9. The minimum atomic E-state index is -0.416. The first-order chi connectivity index (χ1) is 12.5. The van der Waals surface area contributed by atoms with Crippen molar-refractivity contribution in [2.45, 2.75) is 0 Å². The van der Waals surface area contributed by atoms with Gasteiger partial charge in [-0.2, -0.15) is 5.26 Å². The fraction of sp³-hybridized carbons (Fsp3) is 0.0500. The number of esters is 1. The van der Waals surface area contributed by atoms with Crippen molar-refractivity contribution >= 4 is 27.7 Å². The molecule has 2 aromatic carbocycles. The van der Waals surface area contributed by atoms with Gasteiger partial charge in [0.05, 0.1) is 18.4 Å². The Labute approximate surface area is 159 Å². The maximum atomic E-state index is 11.6. The van der Waals surface area contributed by atoms with Crippen LogP contribution in [0.15, 0.2) is 59.1 Å². The Balaban J connectivity index is 2.14. The van der Waals surface area contributed by atoms with Crippen molar-refractivity contribution in [1.29, 1.82) is 5.26 Å². The number of pyridine rings is 1. The van der Waals surface area contributed by atoms with Crippen LogP contribution >= 0.6 is 15.9 Å². The molecule has 0 aliphatic heterocycles. The smallest absolute Gasteiger partial charge is 0.337 e. The zero-order valence-corrected chi connectivity index (χ0v) is 15.4. The van der Waals surface area contributed by atoms with Gasteiger partial charge in [-0.25, -0.2) is 9.78 Å². The minimum Gasteiger partial charge on any atom is -0.465 e. The van der Waals surface area contributed by atoms with Crippen LogP contribution in [0, 0.1) is 11.3 Å². The van der Waals surface area contributed by atoms with Crippen LogP contribution in [0.25, 0.3) is 22.4 Å². The Hall–Kier alpha value is -3.17. The summed E-state index contributed by atoms with van der Waals surface area (Å²) in [5, 5.41) is 9.50. The standard InChI is InChI=1S/C20H14BrN3O2/c1-26-20(25)13-7-5-12(6-8-13)16-10-18(24-19(23)17(16)11-22)14-3-2-4-15(21)9-14/h2-10H,1H3,(H2,23,24). The van der Waals surface area contributed by atoms with Crippen molar-refractivity contribution < 1.29 is 9.53 Å². The molecule has 0 bridgehead atoms. The average molecular weight is 408 g/mol. The Bertz CT molecular complexity index is 1020. The van der Waals surface area contributed by atoms with Gasteiger partial charge in [0.2, 0.25) is 0 Å². The van der Waals surface area contributed by atoms with E-state index in [1.54, 1.807) is 24.3 Å². The van der Waals surface area contributed by atoms with E-state index in [2.05, 4.69) is 27.0 Å². The number of carbonyl (C=O) groups is 1. The number of aromatic nitrogens is 1. The lowest BCUT2D eigenvalue weighted by molar-refractivity contribution is 0.0601. The number of anilines is 1. The molecule has 1 heterocycles. The SMILES string of the molecule is COC(=O)c1ccc(-c2cc(-c3cccc(Br)c3)nc(N)c2C#N)cc1. The summed E-state index contributed by atoms with van der Waals surface area (Å²) in [5.41, 5.74) is 9.72. The van der Waals surface area contributed by atoms with Crippen molar-refractivity contribution in [2.24, 2.45) is 0 Å². The van der Waals surface area contributed by atoms with Crippen LogP contribution in [0.1, 0.15) is 15.9 Å². The molecular formula is C20H14BrN3O2. The third kappa shape index (κ3) is 3.44. The molecule has 0 aliphatic carbocycles. The van der Waals surface area contributed by atoms with Crippen LogP contribution < -0.4 is 5.73 Å². The molecule has 6 heteroatoms. The van der Waals surface area contributed by atoms with E-state index in [0.717, 1.165) is 15.6 Å². The molecule has 5 nitrogen and oxygen atoms in total. The van der Waals surface area contributed by atoms with Crippen LogP contribution in [0.4, 0.5) is 5.82 Å². The number of carbonyl (C=O) groups excluding carboxylic acids is 1. The summed E-state index contributed by atoms with van der Waals surface area (Å²) in [7, 11) is 1.33. The molecule has 0 saturated heterocycles. The number of nitriles is 1. The monoisotopic (exact) mass is 407 g/mol. The summed E-state index contributed by atoms with van der Waals surface area (Å²) in [4.78, 5) is 16.0. The summed E-state index contributed by atoms with van der Waals surface area (Å²) in [6.07, 6.45) is 0. The quantitative estimate of drug-likeness (QED) is 0.649. The average Bonchev–Trinajstić information content (AvgIpc) is 2.67. The molecule has 0 amide bonds. The number of hydrogen-bond acceptors (Lipinski definition) is 5. The van der Waals surface area contributed by atoms with Gasteiger partial charge < -0.3 is 10.5 Å². The first-order valence-electron chi connectivity index (χ1n) is 7.69. The molecule has 0 spiro atoms. The van der Waals surface area contributed by atoms with E-state index in [4.69, 9.17) is 10.5 Å². The van der Waals surface area contributed by atoms with Gasteiger partial charge in [-0.3, -0.25) is 0 Å². The van der Waals surface area contributed by atoms with E-state index in [-0.39, 0.29) is 5.82 Å². The highest BCUT2D eigenvalue weighted by Crippen LogP contribution is 2.32. The van der Waals surface area contributed by atoms with Gasteiger partial charge in [-0.05, 0) is 35.9 Å². The van der Waals surface area contributed by atoms with E-state index in [1.165, 1.54) is 7.11 Å². The van der Waals surface area contributed by atoms with Crippen molar-refractivity contribution in [1.82, 2.24) is 4.98 Å². The molecule has 3 aromatic rings. The van der Waals surface area contributed by atoms with Gasteiger partial charge in [-0.15, -0.1) is 0 Å². The van der Waals surface area contributed by atoms with E-state index < -0.39 is 5.97 Å². The molecule has 26 heavy (non-hydrogen) atoms. The first kappa shape index (κ1) is 17.6. The second-order valence-corrected chi connectivity index (χ2v) is 6.42. The number of methoxy groups -OCH3 is 1. The fourth-order valence-corrected chi connectivity index (χ4v) is 3.01.